The van der Waals surface area contributed by atoms with Gasteiger partial charge in [-0.1, -0.05) is 24.3 Å². The predicted molar refractivity (Wildman–Crippen MR) is 70.8 cm³/mol. The first-order valence-corrected chi connectivity index (χ1v) is 5.84. The number of para-hydroxylation sites is 1. The van der Waals surface area contributed by atoms with E-state index in [1.54, 1.807) is 6.08 Å². The van der Waals surface area contributed by atoms with Gasteiger partial charge in [-0.15, -0.1) is 6.58 Å². The zero-order chi connectivity index (χ0) is 13.7. The number of carbonyl (C=O) groups is 1. The number of aromatic nitrogens is 2. The normalized spacial score (nSPS) is 10.1. The van der Waals surface area contributed by atoms with E-state index in [0.29, 0.717) is 13.0 Å². The van der Waals surface area contributed by atoms with Crippen LogP contribution in [0.5, 0.6) is 5.88 Å². The summed E-state index contributed by atoms with van der Waals surface area (Å²) in [5.41, 5.74) is 0.802. The molecular formula is C14H14N2O3. The maximum absolute atomic E-state index is 11.1. The number of carboxylic acid groups (broad SMARTS) is 1. The molecule has 2 rings (SSSR count). The van der Waals surface area contributed by atoms with Gasteiger partial charge in [-0.25, -0.2) is 9.48 Å². The van der Waals surface area contributed by atoms with Crippen molar-refractivity contribution in [3.05, 3.63) is 54.7 Å². The summed E-state index contributed by atoms with van der Waals surface area (Å²) < 4.78 is 6.99. The Kier molecular flexibility index (Phi) is 3.97. The Balaban J connectivity index is 2.38. The summed E-state index contributed by atoms with van der Waals surface area (Å²) in [7, 11) is 0. The molecule has 1 heterocycles. The maximum atomic E-state index is 11.1. The number of ether oxygens (including phenoxy) is 1. The molecular weight excluding hydrogens is 244 g/mol. The van der Waals surface area contributed by atoms with Gasteiger partial charge in [0.25, 0.3) is 0 Å². The van der Waals surface area contributed by atoms with Crippen molar-refractivity contribution in [3.8, 4) is 11.6 Å². The van der Waals surface area contributed by atoms with Gasteiger partial charge < -0.3 is 9.84 Å². The van der Waals surface area contributed by atoms with Gasteiger partial charge in [-0.2, -0.15) is 5.10 Å². The highest BCUT2D eigenvalue weighted by atomic mass is 16.5. The first-order valence-electron chi connectivity index (χ1n) is 5.84. The lowest BCUT2D eigenvalue weighted by molar-refractivity contribution is 0.0692. The number of hydrogen-bond acceptors (Lipinski definition) is 3. The lowest BCUT2D eigenvalue weighted by Gasteiger charge is -2.09. The number of carboxylic acids is 1. The molecule has 1 aromatic heterocycles. The Morgan fingerprint density at radius 2 is 2.16 bits per heavy atom. The number of aromatic carboxylic acids is 1. The fourth-order valence-corrected chi connectivity index (χ4v) is 1.61. The van der Waals surface area contributed by atoms with Crippen LogP contribution in [0.15, 0.2) is 49.2 Å². The van der Waals surface area contributed by atoms with Gasteiger partial charge in [0.1, 0.15) is 5.56 Å². The molecule has 0 aliphatic rings. The highest BCUT2D eigenvalue weighted by Crippen LogP contribution is 2.22. The van der Waals surface area contributed by atoms with Crippen molar-refractivity contribution < 1.29 is 14.6 Å². The second-order valence-electron chi connectivity index (χ2n) is 3.84. The van der Waals surface area contributed by atoms with Gasteiger partial charge in [0, 0.05) is 0 Å². The molecule has 0 bridgehead atoms. The fraction of sp³-hybridized carbons (Fsp3) is 0.143. The van der Waals surface area contributed by atoms with E-state index in [9.17, 15) is 4.79 Å². The summed E-state index contributed by atoms with van der Waals surface area (Å²) >= 11 is 0. The second kappa shape index (κ2) is 5.86. The lowest BCUT2D eigenvalue weighted by atomic mass is 10.3. The fourth-order valence-electron chi connectivity index (χ4n) is 1.61. The summed E-state index contributed by atoms with van der Waals surface area (Å²) in [6.07, 6.45) is 3.64. The van der Waals surface area contributed by atoms with Gasteiger partial charge in [-0.05, 0) is 18.6 Å². The minimum atomic E-state index is -1.06. The van der Waals surface area contributed by atoms with Gasteiger partial charge >= 0.3 is 5.97 Å². The van der Waals surface area contributed by atoms with Crippen molar-refractivity contribution in [1.82, 2.24) is 9.78 Å². The van der Waals surface area contributed by atoms with Crippen molar-refractivity contribution in [2.24, 2.45) is 0 Å². The Bertz CT molecular complexity index is 576. The molecule has 98 valence electrons. The van der Waals surface area contributed by atoms with E-state index in [4.69, 9.17) is 9.84 Å². The summed E-state index contributed by atoms with van der Waals surface area (Å²) in [6.45, 7) is 3.96. The molecule has 0 saturated carbocycles. The van der Waals surface area contributed by atoms with E-state index < -0.39 is 5.97 Å². The molecule has 0 aliphatic heterocycles. The van der Waals surface area contributed by atoms with Crippen LogP contribution in [0.25, 0.3) is 5.69 Å². The zero-order valence-corrected chi connectivity index (χ0v) is 10.3. The number of rotatable bonds is 6. The summed E-state index contributed by atoms with van der Waals surface area (Å²) in [5, 5.41) is 13.2. The Labute approximate surface area is 110 Å². The molecule has 1 N–H and O–H groups in total. The highest BCUT2D eigenvalue weighted by Gasteiger charge is 2.19. The van der Waals surface area contributed by atoms with Crippen LogP contribution < -0.4 is 4.74 Å². The predicted octanol–water partition coefficient (Wildman–Crippen LogP) is 2.53. The van der Waals surface area contributed by atoms with Gasteiger partial charge in [0.05, 0.1) is 18.5 Å². The van der Waals surface area contributed by atoms with Crippen molar-refractivity contribution in [1.29, 1.82) is 0 Å². The first-order chi connectivity index (χ1) is 9.24. The van der Waals surface area contributed by atoms with Crippen LogP contribution in [0.3, 0.4) is 0 Å². The average molecular weight is 258 g/mol. The third kappa shape index (κ3) is 2.82. The van der Waals surface area contributed by atoms with Gasteiger partial charge in [-0.3, -0.25) is 0 Å². The van der Waals surface area contributed by atoms with E-state index in [1.807, 2.05) is 30.3 Å². The Morgan fingerprint density at radius 3 is 2.79 bits per heavy atom. The molecule has 19 heavy (non-hydrogen) atoms. The van der Waals surface area contributed by atoms with Crippen LogP contribution in [0.2, 0.25) is 0 Å². The topological polar surface area (TPSA) is 64.3 Å². The third-order valence-electron chi connectivity index (χ3n) is 2.52. The summed E-state index contributed by atoms with van der Waals surface area (Å²) in [6, 6.07) is 9.25. The summed E-state index contributed by atoms with van der Waals surface area (Å²) in [4.78, 5) is 11.1. The minimum absolute atomic E-state index is 0.0490. The molecule has 5 heteroatoms. The first kappa shape index (κ1) is 12.9. The molecule has 0 fully saturated rings. The number of nitrogens with zero attached hydrogens (tertiary/aromatic N) is 2. The maximum Gasteiger partial charge on any atom is 0.342 e. The Morgan fingerprint density at radius 1 is 1.42 bits per heavy atom. The van der Waals surface area contributed by atoms with Gasteiger partial charge in [0.2, 0.25) is 5.88 Å². The zero-order valence-electron chi connectivity index (χ0n) is 10.3. The Hall–Kier alpha value is -2.56. The van der Waals surface area contributed by atoms with Crippen LogP contribution >= 0.6 is 0 Å². The van der Waals surface area contributed by atoms with Crippen LogP contribution in [-0.4, -0.2) is 27.5 Å². The molecule has 2 aromatic rings. The molecule has 0 saturated heterocycles. The molecule has 5 nitrogen and oxygen atoms in total. The van der Waals surface area contributed by atoms with E-state index >= 15 is 0 Å². The molecule has 1 aromatic carbocycles. The molecule has 0 unspecified atom stereocenters. The smallest absolute Gasteiger partial charge is 0.342 e. The van der Waals surface area contributed by atoms with E-state index in [2.05, 4.69) is 11.7 Å². The molecule has 0 atom stereocenters. The third-order valence-corrected chi connectivity index (χ3v) is 2.52. The van der Waals surface area contributed by atoms with Gasteiger partial charge in [0.15, 0.2) is 0 Å². The van der Waals surface area contributed by atoms with E-state index in [-0.39, 0.29) is 11.4 Å². The van der Waals surface area contributed by atoms with Crippen molar-refractivity contribution in [2.45, 2.75) is 6.42 Å². The SMILES string of the molecule is C=CCCOc1c(C(=O)O)cnn1-c1ccccc1. The van der Waals surface area contributed by atoms with Crippen LogP contribution in [-0.2, 0) is 0 Å². The largest absolute Gasteiger partial charge is 0.477 e. The van der Waals surface area contributed by atoms with E-state index in [0.717, 1.165) is 5.69 Å². The second-order valence-corrected chi connectivity index (χ2v) is 3.84. The lowest BCUT2D eigenvalue weighted by Crippen LogP contribution is -2.07. The van der Waals surface area contributed by atoms with Crippen molar-refractivity contribution in [2.75, 3.05) is 6.61 Å². The molecule has 0 aliphatic carbocycles. The summed E-state index contributed by atoms with van der Waals surface area (Å²) in [5.74, 6) is -0.823. The number of benzene rings is 1. The minimum Gasteiger partial charge on any atom is -0.477 e. The quantitative estimate of drug-likeness (QED) is 0.638. The number of hydrogen-bond donors (Lipinski definition) is 1. The average Bonchev–Trinajstić information content (AvgIpc) is 2.84. The molecule has 0 radical (unpaired) electrons. The monoisotopic (exact) mass is 258 g/mol. The molecule has 0 amide bonds. The van der Waals surface area contributed by atoms with Crippen molar-refractivity contribution >= 4 is 5.97 Å². The standard InChI is InChI=1S/C14H14N2O3/c1-2-3-9-19-13-12(14(17)18)10-15-16(13)11-7-5-4-6-8-11/h2,4-8,10H,1,3,9H2,(H,17,18). The highest BCUT2D eigenvalue weighted by molar-refractivity contribution is 5.90. The van der Waals surface area contributed by atoms with E-state index in [1.165, 1.54) is 10.9 Å². The van der Waals surface area contributed by atoms with Crippen LogP contribution in [0.1, 0.15) is 16.8 Å². The van der Waals surface area contributed by atoms with Crippen LogP contribution in [0.4, 0.5) is 0 Å². The van der Waals surface area contributed by atoms with Crippen LogP contribution in [0, 0.1) is 0 Å². The molecule has 0 spiro atoms. The van der Waals surface area contributed by atoms with Crippen molar-refractivity contribution in [3.63, 3.8) is 0 Å².